The third-order valence-electron chi connectivity index (χ3n) is 3.92. The molecule has 1 fully saturated rings. The van der Waals surface area contributed by atoms with E-state index in [2.05, 4.69) is 34.3 Å². The van der Waals surface area contributed by atoms with Crippen LogP contribution >= 0.6 is 0 Å². The highest BCUT2D eigenvalue weighted by atomic mass is 15.2. The first-order chi connectivity index (χ1) is 9.35. The topological polar surface area (TPSA) is 52.0 Å². The monoisotopic (exact) mass is 258 g/mol. The van der Waals surface area contributed by atoms with Gasteiger partial charge in [0.05, 0.1) is 6.07 Å². The number of pyridine rings is 1. The van der Waals surface area contributed by atoms with Crippen LogP contribution in [0.4, 0.5) is 0 Å². The van der Waals surface area contributed by atoms with Gasteiger partial charge in [-0.05, 0) is 24.1 Å². The summed E-state index contributed by atoms with van der Waals surface area (Å²) in [6, 6.07) is 6.88. The normalized spacial score (nSPS) is 22.6. The van der Waals surface area contributed by atoms with Crippen LogP contribution in [0.1, 0.15) is 25.3 Å². The quantitative estimate of drug-likeness (QED) is 0.845. The number of aromatic nitrogens is 1. The molecule has 1 aliphatic rings. The molecular formula is C15H22N4. The van der Waals surface area contributed by atoms with Gasteiger partial charge in [0.25, 0.3) is 0 Å². The predicted octanol–water partition coefficient (Wildman–Crippen LogP) is 1.80. The highest BCUT2D eigenvalue weighted by Gasteiger charge is 2.30. The molecule has 2 unspecified atom stereocenters. The molecule has 4 nitrogen and oxygen atoms in total. The third kappa shape index (κ3) is 3.76. The van der Waals surface area contributed by atoms with Crippen LogP contribution in [-0.4, -0.2) is 35.6 Å². The molecule has 1 N–H and O–H groups in total. The molecule has 102 valence electrons. The summed E-state index contributed by atoms with van der Waals surface area (Å²) in [6.45, 7) is 6.10. The minimum absolute atomic E-state index is 0.540. The highest BCUT2D eigenvalue weighted by molar-refractivity contribution is 5.09. The second-order valence-electron chi connectivity index (χ2n) is 5.13. The Morgan fingerprint density at radius 2 is 2.42 bits per heavy atom. The predicted molar refractivity (Wildman–Crippen MR) is 75.3 cm³/mol. The molecule has 0 aliphatic carbocycles. The van der Waals surface area contributed by atoms with Gasteiger partial charge in [-0.25, -0.2) is 0 Å². The van der Waals surface area contributed by atoms with E-state index in [9.17, 15) is 0 Å². The maximum atomic E-state index is 8.84. The molecule has 1 aromatic rings. The van der Waals surface area contributed by atoms with Gasteiger partial charge in [0.1, 0.15) is 0 Å². The van der Waals surface area contributed by atoms with E-state index in [0.717, 1.165) is 26.2 Å². The van der Waals surface area contributed by atoms with Gasteiger partial charge < -0.3 is 5.32 Å². The largest absolute Gasteiger partial charge is 0.315 e. The van der Waals surface area contributed by atoms with Crippen LogP contribution in [0.15, 0.2) is 24.5 Å². The van der Waals surface area contributed by atoms with Crippen LogP contribution in [0, 0.1) is 17.2 Å². The molecule has 0 aromatic carbocycles. The van der Waals surface area contributed by atoms with Gasteiger partial charge in [-0.15, -0.1) is 0 Å². The maximum Gasteiger partial charge on any atom is 0.0635 e. The van der Waals surface area contributed by atoms with Gasteiger partial charge in [0.2, 0.25) is 0 Å². The summed E-state index contributed by atoms with van der Waals surface area (Å²) in [6.07, 6.45) is 5.50. The van der Waals surface area contributed by atoms with Gasteiger partial charge in [0.15, 0.2) is 0 Å². The molecule has 2 atom stereocenters. The van der Waals surface area contributed by atoms with Crippen molar-refractivity contribution in [1.29, 1.82) is 5.26 Å². The van der Waals surface area contributed by atoms with Crippen LogP contribution in [-0.2, 0) is 6.54 Å². The standard InChI is InChI=1S/C15H22N4/c1-2-14-10-18-11-15(14)19(8-4-6-16)12-13-5-3-7-17-9-13/h3,5,7,9,14-15,18H,2,4,8,10-12H2,1H3. The first kappa shape index (κ1) is 14.0. The minimum Gasteiger partial charge on any atom is -0.315 e. The number of nitriles is 1. The molecule has 0 spiro atoms. The van der Waals surface area contributed by atoms with Gasteiger partial charge in [-0.3, -0.25) is 9.88 Å². The summed E-state index contributed by atoms with van der Waals surface area (Å²) in [5.41, 5.74) is 1.22. The zero-order valence-electron chi connectivity index (χ0n) is 11.5. The van der Waals surface area contributed by atoms with E-state index in [1.807, 2.05) is 12.3 Å². The smallest absolute Gasteiger partial charge is 0.0635 e. The molecule has 0 saturated carbocycles. The molecule has 2 rings (SSSR count). The Morgan fingerprint density at radius 3 is 3.11 bits per heavy atom. The van der Waals surface area contributed by atoms with Crippen LogP contribution in [0.25, 0.3) is 0 Å². The lowest BCUT2D eigenvalue weighted by Gasteiger charge is -2.31. The first-order valence-corrected chi connectivity index (χ1v) is 7.05. The van der Waals surface area contributed by atoms with Gasteiger partial charge in [-0.1, -0.05) is 19.4 Å². The van der Waals surface area contributed by atoms with E-state index in [1.165, 1.54) is 12.0 Å². The molecular weight excluding hydrogens is 236 g/mol. The fraction of sp³-hybridized carbons (Fsp3) is 0.600. The SMILES string of the molecule is CCC1CNCC1N(CCC#N)Cc1cccnc1. The Morgan fingerprint density at radius 1 is 1.53 bits per heavy atom. The Labute approximate surface area is 115 Å². The number of rotatable bonds is 6. The van der Waals surface area contributed by atoms with Crippen molar-refractivity contribution in [2.75, 3.05) is 19.6 Å². The van der Waals surface area contributed by atoms with Crippen LogP contribution in [0.5, 0.6) is 0 Å². The van der Waals surface area contributed by atoms with Crippen molar-refractivity contribution in [2.45, 2.75) is 32.4 Å². The van der Waals surface area contributed by atoms with Crippen LogP contribution in [0.2, 0.25) is 0 Å². The second-order valence-corrected chi connectivity index (χ2v) is 5.13. The van der Waals surface area contributed by atoms with Crippen LogP contribution in [0.3, 0.4) is 0 Å². The van der Waals surface area contributed by atoms with Crippen molar-refractivity contribution in [3.8, 4) is 6.07 Å². The molecule has 0 radical (unpaired) electrons. The fourth-order valence-electron chi connectivity index (χ4n) is 2.84. The Bertz CT molecular complexity index is 412. The number of nitrogens with zero attached hydrogens (tertiary/aromatic N) is 3. The lowest BCUT2D eigenvalue weighted by molar-refractivity contribution is 0.164. The molecule has 19 heavy (non-hydrogen) atoms. The van der Waals surface area contributed by atoms with Crippen molar-refractivity contribution in [2.24, 2.45) is 5.92 Å². The summed E-state index contributed by atoms with van der Waals surface area (Å²) in [5, 5.41) is 12.3. The van der Waals surface area contributed by atoms with Crippen molar-refractivity contribution in [3.05, 3.63) is 30.1 Å². The average molecular weight is 258 g/mol. The number of hydrogen-bond donors (Lipinski definition) is 1. The van der Waals surface area contributed by atoms with Gasteiger partial charge >= 0.3 is 0 Å². The molecule has 4 heteroatoms. The molecule has 0 bridgehead atoms. The lowest BCUT2D eigenvalue weighted by atomic mass is 9.98. The second kappa shape index (κ2) is 7.22. The van der Waals surface area contributed by atoms with Crippen molar-refractivity contribution < 1.29 is 0 Å². The highest BCUT2D eigenvalue weighted by Crippen LogP contribution is 2.21. The van der Waals surface area contributed by atoms with E-state index in [-0.39, 0.29) is 0 Å². The summed E-state index contributed by atoms with van der Waals surface area (Å²) >= 11 is 0. The van der Waals surface area contributed by atoms with Crippen LogP contribution < -0.4 is 5.32 Å². The van der Waals surface area contributed by atoms with Crippen molar-refractivity contribution >= 4 is 0 Å². The third-order valence-corrected chi connectivity index (χ3v) is 3.92. The Balaban J connectivity index is 2.05. The number of nitrogens with one attached hydrogen (secondary N) is 1. The Hall–Kier alpha value is -1.44. The molecule has 2 heterocycles. The van der Waals surface area contributed by atoms with E-state index in [0.29, 0.717) is 18.4 Å². The first-order valence-electron chi connectivity index (χ1n) is 7.05. The molecule has 1 saturated heterocycles. The lowest BCUT2D eigenvalue weighted by Crippen LogP contribution is -2.40. The van der Waals surface area contributed by atoms with Crippen molar-refractivity contribution in [1.82, 2.24) is 15.2 Å². The zero-order chi connectivity index (χ0) is 13.5. The molecule has 1 aromatic heterocycles. The minimum atomic E-state index is 0.540. The Kier molecular flexibility index (Phi) is 5.31. The summed E-state index contributed by atoms with van der Waals surface area (Å²) < 4.78 is 0. The van der Waals surface area contributed by atoms with E-state index in [1.54, 1.807) is 6.20 Å². The maximum absolute atomic E-state index is 8.84. The summed E-state index contributed by atoms with van der Waals surface area (Å²) in [4.78, 5) is 6.62. The fourth-order valence-corrected chi connectivity index (χ4v) is 2.84. The molecule has 0 amide bonds. The van der Waals surface area contributed by atoms with Crippen molar-refractivity contribution in [3.63, 3.8) is 0 Å². The van der Waals surface area contributed by atoms with E-state index < -0.39 is 0 Å². The number of hydrogen-bond acceptors (Lipinski definition) is 4. The van der Waals surface area contributed by atoms with Gasteiger partial charge in [-0.2, -0.15) is 5.26 Å². The summed E-state index contributed by atoms with van der Waals surface area (Å²) in [7, 11) is 0. The van der Waals surface area contributed by atoms with Gasteiger partial charge in [0, 0.05) is 44.5 Å². The molecule has 1 aliphatic heterocycles. The average Bonchev–Trinajstić information content (AvgIpc) is 2.93. The summed E-state index contributed by atoms with van der Waals surface area (Å²) in [5.74, 6) is 0.690. The van der Waals surface area contributed by atoms with E-state index in [4.69, 9.17) is 5.26 Å². The van der Waals surface area contributed by atoms with E-state index >= 15 is 0 Å². The zero-order valence-corrected chi connectivity index (χ0v) is 11.5.